The highest BCUT2D eigenvalue weighted by atomic mass is 127. The van der Waals surface area contributed by atoms with Crippen LogP contribution in [0.15, 0.2) is 58.3 Å². The summed E-state index contributed by atoms with van der Waals surface area (Å²) in [5.41, 5.74) is 4.80. The first-order valence-electron chi connectivity index (χ1n) is 12.5. The Morgan fingerprint density at radius 3 is 2.08 bits per heavy atom. The summed E-state index contributed by atoms with van der Waals surface area (Å²) in [6, 6.07) is 12.7. The van der Waals surface area contributed by atoms with E-state index in [9.17, 15) is 14.4 Å². The first kappa shape index (κ1) is 29.5. The lowest BCUT2D eigenvalue weighted by molar-refractivity contribution is 0.0600. The molecular formula is C31H37IN2O4. The van der Waals surface area contributed by atoms with Gasteiger partial charge in [-0.25, -0.2) is 4.79 Å². The quantitative estimate of drug-likeness (QED) is 0.288. The molecule has 202 valence electrons. The molecule has 0 saturated heterocycles. The normalized spacial score (nSPS) is 13.8. The largest absolute Gasteiger partial charge is 0.465 e. The van der Waals surface area contributed by atoms with E-state index in [1.54, 1.807) is 12.1 Å². The highest BCUT2D eigenvalue weighted by Gasteiger charge is 2.21. The Morgan fingerprint density at radius 2 is 1.50 bits per heavy atom. The predicted octanol–water partition coefficient (Wildman–Crippen LogP) is 6.38. The van der Waals surface area contributed by atoms with Crippen molar-refractivity contribution in [2.45, 2.75) is 53.9 Å². The Labute approximate surface area is 235 Å². The highest BCUT2D eigenvalue weighted by molar-refractivity contribution is 14.2. The van der Waals surface area contributed by atoms with Gasteiger partial charge in [-0.1, -0.05) is 74.4 Å². The van der Waals surface area contributed by atoms with E-state index >= 15 is 0 Å². The predicted molar refractivity (Wildman–Crippen MR) is 163 cm³/mol. The summed E-state index contributed by atoms with van der Waals surface area (Å²) in [6.07, 6.45) is 1.97. The van der Waals surface area contributed by atoms with Crippen LogP contribution < -0.4 is 10.6 Å². The molecule has 6 nitrogen and oxygen atoms in total. The maximum absolute atomic E-state index is 13.3. The molecule has 0 aromatic heterocycles. The zero-order valence-electron chi connectivity index (χ0n) is 23.4. The Balaban J connectivity index is 1.82. The van der Waals surface area contributed by atoms with E-state index < -0.39 is 26.7 Å². The van der Waals surface area contributed by atoms with E-state index in [2.05, 4.69) is 42.4 Å². The number of halogens is 1. The van der Waals surface area contributed by atoms with Gasteiger partial charge in [-0.05, 0) is 78.5 Å². The molecule has 0 saturated carbocycles. The summed E-state index contributed by atoms with van der Waals surface area (Å²) in [5, 5.41) is 6.00. The molecule has 1 aliphatic heterocycles. The maximum atomic E-state index is 13.3. The number of benzene rings is 2. The Kier molecular flexibility index (Phi) is 9.13. The van der Waals surface area contributed by atoms with E-state index in [0.717, 1.165) is 22.4 Å². The number of esters is 1. The number of rotatable bonds is 6. The van der Waals surface area contributed by atoms with Crippen molar-refractivity contribution in [3.8, 4) is 0 Å². The van der Waals surface area contributed by atoms with Crippen LogP contribution in [0.4, 0.5) is 0 Å². The summed E-state index contributed by atoms with van der Waals surface area (Å²) >= 11 is -0.423. The number of nitrogens with one attached hydrogen (secondary N) is 2. The second kappa shape index (κ2) is 11.8. The summed E-state index contributed by atoms with van der Waals surface area (Å²) in [4.78, 5) is 38.0. The van der Waals surface area contributed by atoms with E-state index in [1.807, 2.05) is 57.2 Å². The lowest BCUT2D eigenvalue weighted by Crippen LogP contribution is -2.32. The van der Waals surface area contributed by atoms with Crippen LogP contribution in [0.3, 0.4) is 0 Å². The van der Waals surface area contributed by atoms with Crippen LogP contribution in [0.2, 0.25) is 0 Å². The molecule has 0 fully saturated rings. The number of ether oxygens (including phenoxy) is 1. The van der Waals surface area contributed by atoms with E-state index in [0.29, 0.717) is 23.2 Å². The third-order valence-corrected chi connectivity index (χ3v) is 8.48. The zero-order valence-corrected chi connectivity index (χ0v) is 25.6. The fraction of sp³-hybridized carbons (Fsp3) is 0.355. The highest BCUT2D eigenvalue weighted by Crippen LogP contribution is 2.29. The molecule has 2 aromatic rings. The van der Waals surface area contributed by atoms with E-state index in [1.165, 1.54) is 10.6 Å². The molecule has 0 spiro atoms. The monoisotopic (exact) mass is 628 g/mol. The molecule has 3 rings (SSSR count). The SMILES string of the molecule is COC(=O)c1cc(C(=O)NC2=CI=C(C)C(c3ccc(C(=O)NCC(C)(C)C)cc3)=C2)cc(C(C)(C)C)c1. The smallest absolute Gasteiger partial charge is 0.337 e. The lowest BCUT2D eigenvalue weighted by Gasteiger charge is -2.21. The molecular weight excluding hydrogens is 591 g/mol. The van der Waals surface area contributed by atoms with Crippen molar-refractivity contribution in [2.75, 3.05) is 13.7 Å². The Hall–Kier alpha value is -3.07. The summed E-state index contributed by atoms with van der Waals surface area (Å²) in [7, 11) is 1.33. The third kappa shape index (κ3) is 7.72. The number of allylic oxidation sites excluding steroid dienone is 2. The van der Waals surface area contributed by atoms with Crippen molar-refractivity contribution in [3.63, 3.8) is 0 Å². The van der Waals surface area contributed by atoms with Gasteiger partial charge in [0.2, 0.25) is 0 Å². The van der Waals surface area contributed by atoms with Crippen molar-refractivity contribution in [3.05, 3.63) is 86.1 Å². The Bertz CT molecular complexity index is 1340. The fourth-order valence-electron chi connectivity index (χ4n) is 3.71. The molecule has 2 N–H and O–H groups in total. The summed E-state index contributed by atoms with van der Waals surface area (Å²) in [6.45, 7) is 15.0. The topological polar surface area (TPSA) is 84.5 Å². The van der Waals surface area contributed by atoms with E-state index in [4.69, 9.17) is 4.74 Å². The molecule has 0 atom stereocenters. The van der Waals surface area contributed by atoms with Crippen LogP contribution >= 0.6 is 20.7 Å². The minimum absolute atomic E-state index is 0.0142. The number of methoxy groups -OCH3 is 1. The van der Waals surface area contributed by atoms with Crippen LogP contribution in [-0.2, 0) is 10.2 Å². The lowest BCUT2D eigenvalue weighted by atomic mass is 9.85. The fourth-order valence-corrected chi connectivity index (χ4v) is 5.65. The zero-order chi connectivity index (χ0) is 28.3. The van der Waals surface area contributed by atoms with Crippen LogP contribution in [0.5, 0.6) is 0 Å². The molecule has 0 bridgehead atoms. The second-order valence-electron chi connectivity index (χ2n) is 11.6. The van der Waals surface area contributed by atoms with Crippen LogP contribution in [0, 0.1) is 5.41 Å². The minimum Gasteiger partial charge on any atom is -0.465 e. The van der Waals surface area contributed by atoms with Gasteiger partial charge < -0.3 is 15.4 Å². The number of hydrogen-bond acceptors (Lipinski definition) is 4. The molecule has 7 heteroatoms. The van der Waals surface area contributed by atoms with Crippen molar-refractivity contribution in [1.29, 1.82) is 0 Å². The average Bonchev–Trinajstić information content (AvgIpc) is 2.86. The molecule has 1 heterocycles. The van der Waals surface area contributed by atoms with Gasteiger partial charge in [0.15, 0.2) is 0 Å². The van der Waals surface area contributed by atoms with Gasteiger partial charge in [-0.15, -0.1) is 0 Å². The van der Waals surface area contributed by atoms with Gasteiger partial charge in [0.25, 0.3) is 11.8 Å². The first-order valence-corrected chi connectivity index (χ1v) is 14.8. The summed E-state index contributed by atoms with van der Waals surface area (Å²) in [5.74, 6) is -0.845. The van der Waals surface area contributed by atoms with Gasteiger partial charge in [0.05, 0.1) is 12.7 Å². The van der Waals surface area contributed by atoms with Gasteiger partial charge in [0.1, 0.15) is 0 Å². The second-order valence-corrected chi connectivity index (χ2v) is 14.4. The maximum Gasteiger partial charge on any atom is 0.337 e. The van der Waals surface area contributed by atoms with Crippen molar-refractivity contribution < 1.29 is 19.1 Å². The molecule has 0 aliphatic carbocycles. The van der Waals surface area contributed by atoms with Crippen LogP contribution in [0.1, 0.15) is 90.7 Å². The van der Waals surface area contributed by atoms with Crippen molar-refractivity contribution >= 4 is 47.6 Å². The first-order chi connectivity index (χ1) is 17.7. The molecule has 38 heavy (non-hydrogen) atoms. The molecule has 0 radical (unpaired) electrons. The standard InChI is InChI=1S/C31H37IN2O4/c1-19-26(20-9-11-21(12-10-20)27(35)33-18-30(2,3)4)16-25(17-32-19)34-28(36)22-13-23(29(37)38-8)15-24(14-22)31(5,6)7/h9-17H,18H2,1-8H3,(H,33,35)(H,34,36). The third-order valence-electron chi connectivity index (χ3n) is 5.98. The number of amides is 2. The van der Waals surface area contributed by atoms with Crippen LogP contribution in [0.25, 0.3) is 5.57 Å². The molecule has 0 unspecified atom stereocenters. The molecule has 2 aromatic carbocycles. The van der Waals surface area contributed by atoms with Gasteiger partial charge >= 0.3 is 5.97 Å². The minimum atomic E-state index is -0.476. The summed E-state index contributed by atoms with van der Waals surface area (Å²) < 4.78 is 8.25. The Morgan fingerprint density at radius 1 is 0.868 bits per heavy atom. The van der Waals surface area contributed by atoms with Crippen molar-refractivity contribution in [1.82, 2.24) is 10.6 Å². The van der Waals surface area contributed by atoms with E-state index in [-0.39, 0.29) is 22.6 Å². The molecule has 1 aliphatic rings. The van der Waals surface area contributed by atoms with Gasteiger partial charge in [-0.3, -0.25) is 9.59 Å². The average molecular weight is 629 g/mol. The molecule has 2 amide bonds. The number of hydrogen-bond donors (Lipinski definition) is 2. The number of carbonyl (C=O) groups excluding carboxylic acids is 3. The van der Waals surface area contributed by atoms with Crippen molar-refractivity contribution in [2.24, 2.45) is 5.41 Å². The van der Waals surface area contributed by atoms with Gasteiger partial charge in [-0.2, -0.15) is 0 Å². The van der Waals surface area contributed by atoms with Gasteiger partial charge in [0, 0.05) is 23.4 Å². The number of carbonyl (C=O) groups is 3. The van der Waals surface area contributed by atoms with Crippen LogP contribution in [-0.4, -0.2) is 34.9 Å².